The number of hydrogen-bond donors (Lipinski definition) is 1. The first kappa shape index (κ1) is 20.0. The molecule has 20 heavy (non-hydrogen) atoms. The predicted molar refractivity (Wildman–Crippen MR) is 87.8 cm³/mol. The number of carbonyl (C=O) groups excluding carboxylic acids is 1. The van der Waals surface area contributed by atoms with E-state index in [0.717, 1.165) is 38.6 Å². The molecule has 2 aliphatic rings. The molecule has 4 nitrogen and oxygen atoms in total. The summed E-state index contributed by atoms with van der Waals surface area (Å²) in [5.41, 5.74) is 5.71. The number of nitrogens with two attached hydrogens (primary N) is 1. The van der Waals surface area contributed by atoms with Crippen LogP contribution in [0.15, 0.2) is 0 Å². The van der Waals surface area contributed by atoms with E-state index in [2.05, 4.69) is 4.90 Å². The minimum Gasteiger partial charge on any atom is -0.341 e. The van der Waals surface area contributed by atoms with E-state index in [1.54, 1.807) is 0 Å². The molecule has 120 valence electrons. The summed E-state index contributed by atoms with van der Waals surface area (Å²) < 4.78 is 0. The Morgan fingerprint density at radius 3 is 2.35 bits per heavy atom. The lowest BCUT2D eigenvalue weighted by Crippen LogP contribution is -2.39. The van der Waals surface area contributed by atoms with Crippen LogP contribution in [0.25, 0.3) is 0 Å². The molecule has 0 aromatic rings. The van der Waals surface area contributed by atoms with Crippen molar-refractivity contribution >= 4 is 30.7 Å². The molecule has 0 radical (unpaired) electrons. The highest BCUT2D eigenvalue weighted by Crippen LogP contribution is 2.24. The van der Waals surface area contributed by atoms with Crippen molar-refractivity contribution in [2.45, 2.75) is 57.5 Å². The number of hydrogen-bond acceptors (Lipinski definition) is 3. The summed E-state index contributed by atoms with van der Waals surface area (Å²) in [6.45, 7) is 5.92. The van der Waals surface area contributed by atoms with Gasteiger partial charge in [-0.15, -0.1) is 24.8 Å². The molecule has 1 atom stereocenters. The fraction of sp³-hybridized carbons (Fsp3) is 0.929. The van der Waals surface area contributed by atoms with Crippen LogP contribution in [0.2, 0.25) is 0 Å². The lowest BCUT2D eigenvalue weighted by molar-refractivity contribution is -0.131. The van der Waals surface area contributed by atoms with Gasteiger partial charge >= 0.3 is 0 Å². The molecule has 2 fully saturated rings. The molecule has 0 aromatic carbocycles. The van der Waals surface area contributed by atoms with Crippen LogP contribution < -0.4 is 5.73 Å². The largest absolute Gasteiger partial charge is 0.341 e. The molecule has 2 N–H and O–H groups in total. The van der Waals surface area contributed by atoms with Crippen LogP contribution in [0.5, 0.6) is 0 Å². The first-order valence-electron chi connectivity index (χ1n) is 7.44. The standard InChI is InChI=1S/C14H27N3O.2ClH/c1-12(15)11-14(18)17-8-4-7-16(9-10-17)13-5-2-3-6-13;;/h12-13H,2-11,15H2,1H3;2*1H. The third kappa shape index (κ3) is 5.76. The van der Waals surface area contributed by atoms with Gasteiger partial charge in [0.25, 0.3) is 0 Å². The smallest absolute Gasteiger partial charge is 0.224 e. The monoisotopic (exact) mass is 325 g/mol. The van der Waals surface area contributed by atoms with Crippen LogP contribution >= 0.6 is 24.8 Å². The van der Waals surface area contributed by atoms with Crippen molar-refractivity contribution in [3.8, 4) is 0 Å². The summed E-state index contributed by atoms with van der Waals surface area (Å²) in [7, 11) is 0. The molecule has 0 aromatic heterocycles. The average Bonchev–Trinajstić information content (AvgIpc) is 2.72. The van der Waals surface area contributed by atoms with Crippen LogP contribution in [-0.4, -0.2) is 54.0 Å². The molecule has 1 aliphatic carbocycles. The van der Waals surface area contributed by atoms with Gasteiger partial charge in [0.15, 0.2) is 0 Å². The molecule has 1 unspecified atom stereocenters. The van der Waals surface area contributed by atoms with Gasteiger partial charge in [0.1, 0.15) is 0 Å². The van der Waals surface area contributed by atoms with Crippen LogP contribution in [0, 0.1) is 0 Å². The van der Waals surface area contributed by atoms with E-state index in [0.29, 0.717) is 6.42 Å². The average molecular weight is 326 g/mol. The fourth-order valence-electron chi connectivity index (χ4n) is 3.23. The fourth-order valence-corrected chi connectivity index (χ4v) is 3.23. The van der Waals surface area contributed by atoms with E-state index in [-0.39, 0.29) is 36.8 Å². The summed E-state index contributed by atoms with van der Waals surface area (Å²) >= 11 is 0. The van der Waals surface area contributed by atoms with Gasteiger partial charge in [-0.1, -0.05) is 12.8 Å². The zero-order valence-corrected chi connectivity index (χ0v) is 14.1. The Morgan fingerprint density at radius 2 is 1.75 bits per heavy atom. The maximum atomic E-state index is 12.0. The SMILES string of the molecule is CC(N)CC(=O)N1CCCN(C2CCCC2)CC1.Cl.Cl. The summed E-state index contributed by atoms with van der Waals surface area (Å²) in [6.07, 6.45) is 7.08. The number of amides is 1. The minimum absolute atomic E-state index is 0. The molecule has 0 spiro atoms. The molecule has 1 amide bonds. The maximum absolute atomic E-state index is 12.0. The van der Waals surface area contributed by atoms with Crippen molar-refractivity contribution in [2.75, 3.05) is 26.2 Å². The highest BCUT2D eigenvalue weighted by Gasteiger charge is 2.26. The molecule has 1 saturated carbocycles. The Balaban J connectivity index is 0.00000180. The van der Waals surface area contributed by atoms with Crippen molar-refractivity contribution in [1.82, 2.24) is 9.80 Å². The second-order valence-corrected chi connectivity index (χ2v) is 5.89. The highest BCUT2D eigenvalue weighted by molar-refractivity contribution is 5.85. The Labute approximate surface area is 135 Å². The van der Waals surface area contributed by atoms with Crippen molar-refractivity contribution in [2.24, 2.45) is 5.73 Å². The van der Waals surface area contributed by atoms with Gasteiger partial charge < -0.3 is 10.6 Å². The lowest BCUT2D eigenvalue weighted by atomic mass is 10.2. The Hall–Kier alpha value is -0.0300. The Bertz CT molecular complexity index is 284. The predicted octanol–water partition coefficient (Wildman–Crippen LogP) is 2.04. The highest BCUT2D eigenvalue weighted by atomic mass is 35.5. The molecule has 1 aliphatic heterocycles. The first-order chi connectivity index (χ1) is 8.66. The van der Waals surface area contributed by atoms with Gasteiger partial charge in [-0.25, -0.2) is 0 Å². The Kier molecular flexibility index (Phi) is 9.81. The number of nitrogens with zero attached hydrogens (tertiary/aromatic N) is 2. The van der Waals surface area contributed by atoms with Crippen LogP contribution in [-0.2, 0) is 4.79 Å². The minimum atomic E-state index is -0.0216. The van der Waals surface area contributed by atoms with Crippen molar-refractivity contribution in [3.05, 3.63) is 0 Å². The van der Waals surface area contributed by atoms with E-state index in [1.807, 2.05) is 11.8 Å². The van der Waals surface area contributed by atoms with E-state index in [1.165, 1.54) is 25.7 Å². The van der Waals surface area contributed by atoms with E-state index in [4.69, 9.17) is 5.73 Å². The zero-order chi connectivity index (χ0) is 13.0. The third-order valence-electron chi connectivity index (χ3n) is 4.22. The van der Waals surface area contributed by atoms with Crippen molar-refractivity contribution in [1.29, 1.82) is 0 Å². The van der Waals surface area contributed by atoms with Crippen molar-refractivity contribution in [3.63, 3.8) is 0 Å². The first-order valence-corrected chi connectivity index (χ1v) is 7.44. The van der Waals surface area contributed by atoms with Gasteiger partial charge in [-0.05, 0) is 26.2 Å². The summed E-state index contributed by atoms with van der Waals surface area (Å²) in [5, 5.41) is 0. The topological polar surface area (TPSA) is 49.6 Å². The third-order valence-corrected chi connectivity index (χ3v) is 4.22. The Morgan fingerprint density at radius 1 is 1.10 bits per heavy atom. The van der Waals surface area contributed by atoms with Gasteiger partial charge in [-0.3, -0.25) is 9.69 Å². The second kappa shape index (κ2) is 9.82. The number of halogens is 2. The number of carbonyl (C=O) groups is 1. The molecule has 6 heteroatoms. The zero-order valence-electron chi connectivity index (χ0n) is 12.4. The summed E-state index contributed by atoms with van der Waals surface area (Å²) in [5.74, 6) is 0.235. The summed E-state index contributed by atoms with van der Waals surface area (Å²) in [4.78, 5) is 16.6. The molecular formula is C14H29Cl2N3O. The lowest BCUT2D eigenvalue weighted by Gasteiger charge is -2.27. The van der Waals surface area contributed by atoms with Gasteiger partial charge in [0.2, 0.25) is 5.91 Å². The number of rotatable bonds is 3. The van der Waals surface area contributed by atoms with E-state index >= 15 is 0 Å². The normalized spacial score (nSPS) is 22.6. The molecule has 1 heterocycles. The van der Waals surface area contributed by atoms with Crippen LogP contribution in [0.3, 0.4) is 0 Å². The van der Waals surface area contributed by atoms with Gasteiger partial charge in [0.05, 0.1) is 0 Å². The second-order valence-electron chi connectivity index (χ2n) is 5.89. The van der Waals surface area contributed by atoms with Crippen LogP contribution in [0.4, 0.5) is 0 Å². The molecule has 2 rings (SSSR count). The molecular weight excluding hydrogens is 297 g/mol. The van der Waals surface area contributed by atoms with Crippen LogP contribution in [0.1, 0.15) is 45.4 Å². The van der Waals surface area contributed by atoms with Gasteiger partial charge in [-0.2, -0.15) is 0 Å². The quantitative estimate of drug-likeness (QED) is 0.863. The van der Waals surface area contributed by atoms with E-state index < -0.39 is 0 Å². The van der Waals surface area contributed by atoms with E-state index in [9.17, 15) is 4.79 Å². The van der Waals surface area contributed by atoms with Crippen molar-refractivity contribution < 1.29 is 4.79 Å². The maximum Gasteiger partial charge on any atom is 0.224 e. The molecule has 1 saturated heterocycles. The summed E-state index contributed by atoms with van der Waals surface area (Å²) in [6, 6.07) is 0.764. The van der Waals surface area contributed by atoms with Gasteiger partial charge in [0, 0.05) is 44.7 Å². The molecule has 0 bridgehead atoms.